The lowest BCUT2D eigenvalue weighted by Crippen LogP contribution is -2.53. The summed E-state index contributed by atoms with van der Waals surface area (Å²) in [7, 11) is 0. The van der Waals surface area contributed by atoms with E-state index in [4.69, 9.17) is 0 Å². The molecule has 28 heavy (non-hydrogen) atoms. The molecule has 2 fully saturated rings. The van der Waals surface area contributed by atoms with Gasteiger partial charge in [0, 0.05) is 45.0 Å². The molecule has 0 saturated carbocycles. The first-order chi connectivity index (χ1) is 13.4. The molecule has 2 aliphatic rings. The number of likely N-dealkylation sites (tertiary alicyclic amines) is 1. The van der Waals surface area contributed by atoms with Gasteiger partial charge in [0.25, 0.3) is 0 Å². The third-order valence-corrected chi connectivity index (χ3v) is 5.50. The van der Waals surface area contributed by atoms with Gasteiger partial charge in [-0.1, -0.05) is 19.9 Å². The Morgan fingerprint density at radius 1 is 1.04 bits per heavy atom. The Morgan fingerprint density at radius 2 is 1.71 bits per heavy atom. The molecule has 3 rings (SSSR count). The molecule has 1 aromatic carbocycles. The van der Waals surface area contributed by atoms with E-state index in [2.05, 4.69) is 24.1 Å². The van der Waals surface area contributed by atoms with Crippen LogP contribution in [0.3, 0.4) is 0 Å². The number of carbonyl (C=O) groups excluding carboxylic acids is 2. The Hall–Kier alpha value is -1.99. The molecule has 1 N–H and O–H groups in total. The molecule has 0 aliphatic carbocycles. The van der Waals surface area contributed by atoms with Crippen molar-refractivity contribution in [2.45, 2.75) is 20.3 Å². The standard InChI is InChI=1S/C21H31FN4O2/c1-16-10-17(2)13-25(12-16)15-21(28)26-8-6-24(7-9-26)14-20(27)23-19-5-3-4-18(22)11-19/h3-5,11,16-17H,6-10,12-15H2,1-2H3,(H,23,27)/t16-,17-/m1/s1. The molecule has 2 atom stereocenters. The number of anilines is 1. The summed E-state index contributed by atoms with van der Waals surface area (Å²) in [5.41, 5.74) is 0.462. The average molecular weight is 391 g/mol. The molecule has 0 radical (unpaired) electrons. The van der Waals surface area contributed by atoms with Crippen LogP contribution in [-0.4, -0.2) is 78.9 Å². The molecule has 0 bridgehead atoms. The second-order valence-electron chi connectivity index (χ2n) is 8.36. The van der Waals surface area contributed by atoms with E-state index in [-0.39, 0.29) is 24.2 Å². The van der Waals surface area contributed by atoms with Crippen LogP contribution in [0.5, 0.6) is 0 Å². The number of hydrogen-bond donors (Lipinski definition) is 1. The first-order valence-electron chi connectivity index (χ1n) is 10.2. The third kappa shape index (κ3) is 6.01. The third-order valence-electron chi connectivity index (χ3n) is 5.50. The lowest BCUT2D eigenvalue weighted by molar-refractivity contribution is -0.135. The molecule has 154 valence electrons. The average Bonchev–Trinajstić information content (AvgIpc) is 2.61. The number of rotatable bonds is 5. The summed E-state index contributed by atoms with van der Waals surface area (Å²) in [6.45, 7) is 9.88. The van der Waals surface area contributed by atoms with Crippen molar-refractivity contribution in [3.05, 3.63) is 30.1 Å². The van der Waals surface area contributed by atoms with Crippen LogP contribution in [0.2, 0.25) is 0 Å². The number of nitrogens with one attached hydrogen (secondary N) is 1. The lowest BCUT2D eigenvalue weighted by Gasteiger charge is -2.38. The van der Waals surface area contributed by atoms with Crippen LogP contribution in [-0.2, 0) is 9.59 Å². The fourth-order valence-electron chi connectivity index (χ4n) is 4.34. The van der Waals surface area contributed by atoms with Gasteiger partial charge < -0.3 is 10.2 Å². The molecule has 6 nitrogen and oxygen atoms in total. The summed E-state index contributed by atoms with van der Waals surface area (Å²) in [5.74, 6) is 0.934. The van der Waals surface area contributed by atoms with Crippen LogP contribution in [0.4, 0.5) is 10.1 Å². The maximum absolute atomic E-state index is 13.2. The van der Waals surface area contributed by atoms with Crippen molar-refractivity contribution >= 4 is 17.5 Å². The molecule has 1 aromatic rings. The van der Waals surface area contributed by atoms with Gasteiger partial charge in [0.1, 0.15) is 5.82 Å². The Kier molecular flexibility index (Phi) is 7.02. The highest BCUT2D eigenvalue weighted by molar-refractivity contribution is 5.92. The van der Waals surface area contributed by atoms with Gasteiger partial charge >= 0.3 is 0 Å². The summed E-state index contributed by atoms with van der Waals surface area (Å²) >= 11 is 0. The van der Waals surface area contributed by atoms with E-state index in [1.807, 2.05) is 9.80 Å². The van der Waals surface area contributed by atoms with Crippen molar-refractivity contribution in [2.75, 3.05) is 57.7 Å². The summed E-state index contributed by atoms with van der Waals surface area (Å²) in [4.78, 5) is 31.0. The molecule has 0 unspecified atom stereocenters. The van der Waals surface area contributed by atoms with E-state index in [0.29, 0.717) is 50.2 Å². The predicted molar refractivity (Wildman–Crippen MR) is 107 cm³/mol. The molecule has 2 saturated heterocycles. The van der Waals surface area contributed by atoms with Crippen LogP contribution in [0.15, 0.2) is 24.3 Å². The second-order valence-corrected chi connectivity index (χ2v) is 8.36. The summed E-state index contributed by atoms with van der Waals surface area (Å²) in [6.07, 6.45) is 1.24. The highest BCUT2D eigenvalue weighted by Crippen LogP contribution is 2.20. The second kappa shape index (κ2) is 9.47. The van der Waals surface area contributed by atoms with Gasteiger partial charge in [-0.25, -0.2) is 4.39 Å². The largest absolute Gasteiger partial charge is 0.339 e. The molecule has 0 aromatic heterocycles. The zero-order valence-corrected chi connectivity index (χ0v) is 16.9. The summed E-state index contributed by atoms with van der Waals surface area (Å²) in [6, 6.07) is 5.88. The molecule has 2 aliphatic heterocycles. The number of piperidine rings is 1. The van der Waals surface area contributed by atoms with Crippen molar-refractivity contribution in [3.8, 4) is 0 Å². The van der Waals surface area contributed by atoms with E-state index < -0.39 is 0 Å². The minimum absolute atomic E-state index is 0.165. The van der Waals surface area contributed by atoms with Crippen LogP contribution in [0.25, 0.3) is 0 Å². The molecular formula is C21H31FN4O2. The van der Waals surface area contributed by atoms with Gasteiger partial charge in [0.15, 0.2) is 0 Å². The van der Waals surface area contributed by atoms with Gasteiger partial charge in [-0.2, -0.15) is 0 Å². The maximum Gasteiger partial charge on any atom is 0.238 e. The lowest BCUT2D eigenvalue weighted by atomic mass is 9.92. The maximum atomic E-state index is 13.2. The van der Waals surface area contributed by atoms with E-state index in [0.717, 1.165) is 13.1 Å². The Morgan fingerprint density at radius 3 is 2.36 bits per heavy atom. The highest BCUT2D eigenvalue weighted by Gasteiger charge is 2.27. The fourth-order valence-corrected chi connectivity index (χ4v) is 4.34. The van der Waals surface area contributed by atoms with Gasteiger partial charge in [0.05, 0.1) is 13.1 Å². The minimum Gasteiger partial charge on any atom is -0.339 e. The van der Waals surface area contributed by atoms with Crippen LogP contribution in [0.1, 0.15) is 20.3 Å². The minimum atomic E-state index is -0.373. The molecule has 7 heteroatoms. The number of carbonyl (C=O) groups is 2. The predicted octanol–water partition coefficient (Wildman–Crippen LogP) is 1.89. The molecule has 0 spiro atoms. The van der Waals surface area contributed by atoms with E-state index in [1.165, 1.54) is 18.6 Å². The van der Waals surface area contributed by atoms with Gasteiger partial charge in [0.2, 0.25) is 11.8 Å². The van der Waals surface area contributed by atoms with Crippen molar-refractivity contribution in [3.63, 3.8) is 0 Å². The van der Waals surface area contributed by atoms with Crippen molar-refractivity contribution in [1.29, 1.82) is 0 Å². The van der Waals surface area contributed by atoms with Gasteiger partial charge in [-0.3, -0.25) is 19.4 Å². The van der Waals surface area contributed by atoms with Crippen molar-refractivity contribution < 1.29 is 14.0 Å². The number of piperazine rings is 1. The Labute approximate surface area is 166 Å². The Balaban J connectivity index is 1.40. The zero-order chi connectivity index (χ0) is 20.1. The van der Waals surface area contributed by atoms with Crippen molar-refractivity contribution in [2.24, 2.45) is 11.8 Å². The topological polar surface area (TPSA) is 55.9 Å². The normalized spacial score (nSPS) is 24.2. The molecule has 2 amide bonds. The van der Waals surface area contributed by atoms with Crippen LogP contribution >= 0.6 is 0 Å². The van der Waals surface area contributed by atoms with Crippen LogP contribution < -0.4 is 5.32 Å². The van der Waals surface area contributed by atoms with Gasteiger partial charge in [-0.15, -0.1) is 0 Å². The first-order valence-corrected chi connectivity index (χ1v) is 10.2. The van der Waals surface area contributed by atoms with Crippen LogP contribution in [0, 0.1) is 17.7 Å². The number of benzene rings is 1. The smallest absolute Gasteiger partial charge is 0.238 e. The molecular weight excluding hydrogens is 359 g/mol. The summed E-state index contributed by atoms with van der Waals surface area (Å²) in [5, 5.41) is 2.72. The molecule has 2 heterocycles. The number of hydrogen-bond acceptors (Lipinski definition) is 4. The van der Waals surface area contributed by atoms with Gasteiger partial charge in [-0.05, 0) is 36.5 Å². The fraction of sp³-hybridized carbons (Fsp3) is 0.619. The zero-order valence-electron chi connectivity index (χ0n) is 16.9. The van der Waals surface area contributed by atoms with E-state index >= 15 is 0 Å². The number of amides is 2. The number of halogens is 1. The number of nitrogens with zero attached hydrogens (tertiary/aromatic N) is 3. The SMILES string of the molecule is C[C@@H]1C[C@@H](C)CN(CC(=O)N2CCN(CC(=O)Nc3cccc(F)c3)CC2)C1. The summed E-state index contributed by atoms with van der Waals surface area (Å²) < 4.78 is 13.2. The van der Waals surface area contributed by atoms with E-state index in [9.17, 15) is 14.0 Å². The first kappa shape index (κ1) is 20.7. The Bertz CT molecular complexity index is 681. The van der Waals surface area contributed by atoms with E-state index in [1.54, 1.807) is 12.1 Å². The highest BCUT2D eigenvalue weighted by atomic mass is 19.1. The monoisotopic (exact) mass is 390 g/mol. The van der Waals surface area contributed by atoms with Crippen molar-refractivity contribution in [1.82, 2.24) is 14.7 Å². The quantitative estimate of drug-likeness (QED) is 0.834.